The largest absolute Gasteiger partial charge is 0.357 e. The van der Waals surface area contributed by atoms with Gasteiger partial charge in [0.1, 0.15) is 0 Å². The van der Waals surface area contributed by atoms with E-state index in [9.17, 15) is 0 Å². The number of aliphatic imine (C=N–C) groups is 1. The number of piperidine rings is 1. The summed E-state index contributed by atoms with van der Waals surface area (Å²) in [5.74, 6) is 1.72. The molecule has 2 rings (SSSR count). The van der Waals surface area contributed by atoms with Crippen LogP contribution >= 0.6 is 24.0 Å². The van der Waals surface area contributed by atoms with Gasteiger partial charge >= 0.3 is 0 Å². The Bertz CT molecular complexity index is 536. The van der Waals surface area contributed by atoms with Gasteiger partial charge in [0.05, 0.1) is 6.54 Å². The van der Waals surface area contributed by atoms with Gasteiger partial charge < -0.3 is 10.6 Å². The smallest absolute Gasteiger partial charge is 0.191 e. The molecule has 0 spiro atoms. The zero-order chi connectivity index (χ0) is 17.2. The van der Waals surface area contributed by atoms with Crippen molar-refractivity contribution in [3.8, 4) is 0 Å². The molecule has 1 saturated heterocycles. The molecule has 0 atom stereocenters. The van der Waals surface area contributed by atoms with E-state index in [4.69, 9.17) is 0 Å². The third-order valence-corrected chi connectivity index (χ3v) is 4.45. The van der Waals surface area contributed by atoms with Crippen LogP contribution in [0.25, 0.3) is 0 Å². The first-order valence-electron chi connectivity index (χ1n) is 9.14. The zero-order valence-corrected chi connectivity index (χ0v) is 18.0. The minimum absolute atomic E-state index is 0. The van der Waals surface area contributed by atoms with Crippen molar-refractivity contribution in [2.75, 3.05) is 26.2 Å². The van der Waals surface area contributed by atoms with E-state index in [-0.39, 0.29) is 24.0 Å². The lowest BCUT2D eigenvalue weighted by atomic mass is 9.98. The van der Waals surface area contributed by atoms with Gasteiger partial charge in [-0.3, -0.25) is 4.90 Å². The molecule has 1 aliphatic rings. The SMILES string of the molecule is C=CCNC(=NCc1cccc(CN2CCC(C)CC2)c1)NCC.I. The third-order valence-electron chi connectivity index (χ3n) is 4.45. The first kappa shape index (κ1) is 22.0. The van der Waals surface area contributed by atoms with Crippen LogP contribution in [0.15, 0.2) is 41.9 Å². The van der Waals surface area contributed by atoms with Gasteiger partial charge in [-0.25, -0.2) is 4.99 Å². The Labute approximate surface area is 170 Å². The van der Waals surface area contributed by atoms with Crippen molar-refractivity contribution >= 4 is 29.9 Å². The quantitative estimate of drug-likeness (QED) is 0.284. The molecule has 2 N–H and O–H groups in total. The third kappa shape index (κ3) is 8.23. The number of guanidine groups is 1. The Kier molecular flexibility index (Phi) is 10.8. The number of benzene rings is 1. The highest BCUT2D eigenvalue weighted by Crippen LogP contribution is 2.18. The minimum atomic E-state index is 0. The van der Waals surface area contributed by atoms with Gasteiger partial charge in [0.25, 0.3) is 0 Å². The van der Waals surface area contributed by atoms with Gasteiger partial charge in [-0.2, -0.15) is 0 Å². The fraction of sp³-hybridized carbons (Fsp3) is 0.550. The maximum Gasteiger partial charge on any atom is 0.191 e. The molecule has 1 aromatic carbocycles. The average molecular weight is 456 g/mol. The van der Waals surface area contributed by atoms with E-state index in [0.717, 1.165) is 31.5 Å². The molecule has 0 radical (unpaired) electrons. The van der Waals surface area contributed by atoms with Crippen molar-refractivity contribution in [1.82, 2.24) is 15.5 Å². The van der Waals surface area contributed by atoms with Crippen LogP contribution < -0.4 is 10.6 Å². The van der Waals surface area contributed by atoms with E-state index >= 15 is 0 Å². The normalized spacial score (nSPS) is 16.2. The Hall–Kier alpha value is -1.08. The molecule has 1 fully saturated rings. The van der Waals surface area contributed by atoms with Crippen molar-refractivity contribution < 1.29 is 0 Å². The fourth-order valence-corrected chi connectivity index (χ4v) is 2.99. The summed E-state index contributed by atoms with van der Waals surface area (Å²) in [5, 5.41) is 6.49. The first-order valence-corrected chi connectivity index (χ1v) is 9.14. The van der Waals surface area contributed by atoms with Crippen LogP contribution in [0.4, 0.5) is 0 Å². The number of halogens is 1. The lowest BCUT2D eigenvalue weighted by Crippen LogP contribution is -2.37. The lowest BCUT2D eigenvalue weighted by molar-refractivity contribution is 0.185. The van der Waals surface area contributed by atoms with Crippen molar-refractivity contribution in [1.29, 1.82) is 0 Å². The number of rotatable bonds is 7. The summed E-state index contributed by atoms with van der Waals surface area (Å²) in [6.45, 7) is 13.9. The molecule has 25 heavy (non-hydrogen) atoms. The topological polar surface area (TPSA) is 39.7 Å². The van der Waals surface area contributed by atoms with Crippen LogP contribution in [0.5, 0.6) is 0 Å². The van der Waals surface area contributed by atoms with Crippen LogP contribution in [0.3, 0.4) is 0 Å². The molecule has 1 heterocycles. The van der Waals surface area contributed by atoms with E-state index < -0.39 is 0 Å². The molecule has 4 nitrogen and oxygen atoms in total. The van der Waals surface area contributed by atoms with Crippen LogP contribution in [-0.2, 0) is 13.1 Å². The number of nitrogens with zero attached hydrogens (tertiary/aromatic N) is 2. The highest BCUT2D eigenvalue weighted by Gasteiger charge is 2.15. The van der Waals surface area contributed by atoms with E-state index in [1.807, 2.05) is 6.08 Å². The number of hydrogen-bond donors (Lipinski definition) is 2. The highest BCUT2D eigenvalue weighted by atomic mass is 127. The molecule has 5 heteroatoms. The van der Waals surface area contributed by atoms with Crippen molar-refractivity contribution in [2.24, 2.45) is 10.9 Å². The molecular weight excluding hydrogens is 423 g/mol. The summed E-state index contributed by atoms with van der Waals surface area (Å²) >= 11 is 0. The zero-order valence-electron chi connectivity index (χ0n) is 15.6. The highest BCUT2D eigenvalue weighted by molar-refractivity contribution is 14.0. The monoisotopic (exact) mass is 456 g/mol. The Morgan fingerprint density at radius 3 is 2.68 bits per heavy atom. The van der Waals surface area contributed by atoms with Crippen LogP contribution in [0.1, 0.15) is 37.8 Å². The van der Waals surface area contributed by atoms with Gasteiger partial charge in [0, 0.05) is 19.6 Å². The molecular formula is C20H33IN4. The summed E-state index contributed by atoms with van der Waals surface area (Å²) in [7, 11) is 0. The average Bonchev–Trinajstić information content (AvgIpc) is 2.60. The Morgan fingerprint density at radius 1 is 1.28 bits per heavy atom. The molecule has 0 aromatic heterocycles. The minimum Gasteiger partial charge on any atom is -0.357 e. The molecule has 1 aromatic rings. The molecule has 0 bridgehead atoms. The maximum atomic E-state index is 4.65. The Morgan fingerprint density at radius 2 is 2.00 bits per heavy atom. The summed E-state index contributed by atoms with van der Waals surface area (Å²) in [6, 6.07) is 8.82. The van der Waals surface area contributed by atoms with Gasteiger partial charge in [-0.15, -0.1) is 30.6 Å². The van der Waals surface area contributed by atoms with Gasteiger partial charge in [-0.1, -0.05) is 37.3 Å². The van der Waals surface area contributed by atoms with Crippen molar-refractivity contribution in [3.63, 3.8) is 0 Å². The molecule has 1 aliphatic heterocycles. The lowest BCUT2D eigenvalue weighted by Gasteiger charge is -2.30. The van der Waals surface area contributed by atoms with Gasteiger partial charge in [0.15, 0.2) is 5.96 Å². The number of nitrogens with one attached hydrogen (secondary N) is 2. The second-order valence-corrected chi connectivity index (χ2v) is 6.64. The van der Waals surface area contributed by atoms with Crippen molar-refractivity contribution in [2.45, 2.75) is 39.8 Å². The maximum absolute atomic E-state index is 4.65. The number of likely N-dealkylation sites (tertiary alicyclic amines) is 1. The van der Waals surface area contributed by atoms with E-state index in [2.05, 4.69) is 65.2 Å². The first-order chi connectivity index (χ1) is 11.7. The molecule has 0 unspecified atom stereocenters. The van der Waals surface area contributed by atoms with Gasteiger partial charge in [0.2, 0.25) is 0 Å². The molecule has 0 saturated carbocycles. The predicted molar refractivity (Wildman–Crippen MR) is 119 cm³/mol. The standard InChI is InChI=1S/C20H32N4.HI/c1-4-11-22-20(21-5-2)23-15-18-7-6-8-19(14-18)16-24-12-9-17(3)10-13-24;/h4,6-8,14,17H,1,5,9-13,15-16H2,2-3H3,(H2,21,22,23);1H. The van der Waals surface area contributed by atoms with Crippen LogP contribution in [0, 0.1) is 5.92 Å². The van der Waals surface area contributed by atoms with Crippen LogP contribution in [0.2, 0.25) is 0 Å². The summed E-state index contributed by atoms with van der Waals surface area (Å²) < 4.78 is 0. The molecule has 0 amide bonds. The van der Waals surface area contributed by atoms with E-state index in [1.54, 1.807) is 0 Å². The fourth-order valence-electron chi connectivity index (χ4n) is 2.99. The van der Waals surface area contributed by atoms with Gasteiger partial charge in [-0.05, 0) is 49.9 Å². The second kappa shape index (κ2) is 12.3. The summed E-state index contributed by atoms with van der Waals surface area (Å²) in [5.41, 5.74) is 2.65. The number of hydrogen-bond acceptors (Lipinski definition) is 2. The van der Waals surface area contributed by atoms with E-state index in [1.165, 1.54) is 37.1 Å². The van der Waals surface area contributed by atoms with Crippen LogP contribution in [-0.4, -0.2) is 37.0 Å². The Balaban J connectivity index is 0.00000312. The summed E-state index contributed by atoms with van der Waals surface area (Å²) in [6.07, 6.45) is 4.49. The van der Waals surface area contributed by atoms with E-state index in [0.29, 0.717) is 6.54 Å². The second-order valence-electron chi connectivity index (χ2n) is 6.64. The molecule has 0 aliphatic carbocycles. The molecule has 140 valence electrons. The van der Waals surface area contributed by atoms with Crippen molar-refractivity contribution in [3.05, 3.63) is 48.0 Å². The summed E-state index contributed by atoms with van der Waals surface area (Å²) in [4.78, 5) is 7.22. The predicted octanol–water partition coefficient (Wildman–Crippen LogP) is 3.78.